The zero-order valence-electron chi connectivity index (χ0n) is 9.93. The van der Waals surface area contributed by atoms with Gasteiger partial charge in [0, 0.05) is 12.1 Å². The van der Waals surface area contributed by atoms with Gasteiger partial charge in [-0.05, 0) is 30.7 Å². The minimum atomic E-state index is -1.09. The highest BCUT2D eigenvalue weighted by molar-refractivity contribution is 5.96. The number of aliphatic carboxylic acids is 1. The normalized spacial score (nSPS) is 11.9. The number of nitrogens with one attached hydrogen (secondary N) is 1. The summed E-state index contributed by atoms with van der Waals surface area (Å²) in [5.74, 6) is -1.52. The molecule has 18 heavy (non-hydrogen) atoms. The molecule has 0 radical (unpaired) electrons. The number of rotatable bonds is 6. The largest absolute Gasteiger partial charge is 0.480 e. The van der Waals surface area contributed by atoms with Crippen LogP contribution in [0.2, 0.25) is 0 Å². The Balaban J connectivity index is 2.70. The van der Waals surface area contributed by atoms with Gasteiger partial charge in [-0.25, -0.2) is 4.79 Å². The second-order valence-corrected chi connectivity index (χ2v) is 3.84. The third-order valence-electron chi connectivity index (χ3n) is 2.51. The van der Waals surface area contributed by atoms with E-state index < -0.39 is 17.9 Å². The van der Waals surface area contributed by atoms with E-state index in [0.717, 1.165) is 5.56 Å². The molecule has 0 aliphatic carbocycles. The summed E-state index contributed by atoms with van der Waals surface area (Å²) in [6, 6.07) is 5.72. The topological polar surface area (TPSA) is 118 Å². The number of benzene rings is 1. The molecular formula is C12H17N3O3. The number of carboxylic acids is 1. The Labute approximate surface area is 105 Å². The van der Waals surface area contributed by atoms with Gasteiger partial charge < -0.3 is 21.9 Å². The first-order valence-electron chi connectivity index (χ1n) is 5.61. The van der Waals surface area contributed by atoms with Crippen molar-refractivity contribution in [3.8, 4) is 0 Å². The number of carbonyl (C=O) groups is 2. The first kappa shape index (κ1) is 14.1. The van der Waals surface area contributed by atoms with Gasteiger partial charge in [-0.1, -0.05) is 12.1 Å². The second kappa shape index (κ2) is 6.73. The number of nitrogens with two attached hydrogens (primary N) is 2. The molecule has 1 aromatic carbocycles. The maximum Gasteiger partial charge on any atom is 0.326 e. The smallest absolute Gasteiger partial charge is 0.326 e. The van der Waals surface area contributed by atoms with E-state index in [4.69, 9.17) is 16.6 Å². The fraction of sp³-hybridized carbons (Fsp3) is 0.333. The molecule has 0 saturated heterocycles. The molecule has 1 unspecified atom stereocenters. The summed E-state index contributed by atoms with van der Waals surface area (Å²) in [5, 5.41) is 11.3. The van der Waals surface area contributed by atoms with Gasteiger partial charge in [-0.3, -0.25) is 4.79 Å². The van der Waals surface area contributed by atoms with E-state index >= 15 is 0 Å². The number of carbonyl (C=O) groups excluding carboxylic acids is 1. The van der Waals surface area contributed by atoms with Gasteiger partial charge in [0.25, 0.3) is 5.91 Å². The van der Waals surface area contributed by atoms with Gasteiger partial charge in [0.1, 0.15) is 6.04 Å². The van der Waals surface area contributed by atoms with Crippen LogP contribution in [0.4, 0.5) is 0 Å². The van der Waals surface area contributed by atoms with Gasteiger partial charge in [0.2, 0.25) is 0 Å². The summed E-state index contributed by atoms with van der Waals surface area (Å²) >= 11 is 0. The Morgan fingerprint density at radius 2 is 1.83 bits per heavy atom. The van der Waals surface area contributed by atoms with Crippen LogP contribution < -0.4 is 16.8 Å². The van der Waals surface area contributed by atoms with Crippen LogP contribution >= 0.6 is 0 Å². The predicted molar refractivity (Wildman–Crippen MR) is 66.9 cm³/mol. The Hall–Kier alpha value is -1.92. The third-order valence-corrected chi connectivity index (χ3v) is 2.51. The molecule has 98 valence electrons. The molecular weight excluding hydrogens is 234 g/mol. The number of carboxylic acid groups (broad SMARTS) is 1. The number of hydrogen-bond acceptors (Lipinski definition) is 4. The van der Waals surface area contributed by atoms with E-state index in [1.807, 2.05) is 0 Å². The fourth-order valence-electron chi connectivity index (χ4n) is 1.46. The lowest BCUT2D eigenvalue weighted by Crippen LogP contribution is -2.42. The van der Waals surface area contributed by atoms with Crippen LogP contribution in [0.3, 0.4) is 0 Å². The molecule has 0 saturated carbocycles. The molecule has 1 rings (SSSR count). The highest BCUT2D eigenvalue weighted by Crippen LogP contribution is 2.04. The van der Waals surface area contributed by atoms with Gasteiger partial charge in [0.05, 0.1) is 0 Å². The van der Waals surface area contributed by atoms with Crippen molar-refractivity contribution in [2.75, 3.05) is 6.54 Å². The van der Waals surface area contributed by atoms with Crippen LogP contribution in [-0.2, 0) is 11.3 Å². The van der Waals surface area contributed by atoms with Gasteiger partial charge in [0.15, 0.2) is 0 Å². The molecule has 1 amide bonds. The van der Waals surface area contributed by atoms with E-state index in [2.05, 4.69) is 5.32 Å². The average Bonchev–Trinajstić information content (AvgIpc) is 2.38. The number of hydrogen-bond donors (Lipinski definition) is 4. The van der Waals surface area contributed by atoms with Crippen LogP contribution in [0.1, 0.15) is 22.3 Å². The van der Waals surface area contributed by atoms with Gasteiger partial charge in [-0.15, -0.1) is 0 Å². The van der Waals surface area contributed by atoms with Crippen molar-refractivity contribution in [1.29, 1.82) is 0 Å². The van der Waals surface area contributed by atoms with Crippen LogP contribution in [-0.4, -0.2) is 29.6 Å². The van der Waals surface area contributed by atoms with Crippen molar-refractivity contribution in [2.45, 2.75) is 19.0 Å². The molecule has 0 bridgehead atoms. The maximum atomic E-state index is 11.8. The summed E-state index contributed by atoms with van der Waals surface area (Å²) in [5.41, 5.74) is 12.0. The molecule has 0 heterocycles. The highest BCUT2D eigenvalue weighted by atomic mass is 16.4. The van der Waals surface area contributed by atoms with Crippen molar-refractivity contribution >= 4 is 11.9 Å². The molecule has 6 heteroatoms. The Morgan fingerprint density at radius 1 is 1.22 bits per heavy atom. The highest BCUT2D eigenvalue weighted by Gasteiger charge is 2.19. The molecule has 6 N–H and O–H groups in total. The zero-order chi connectivity index (χ0) is 13.5. The summed E-state index contributed by atoms with van der Waals surface area (Å²) in [4.78, 5) is 22.7. The molecule has 0 spiro atoms. The minimum Gasteiger partial charge on any atom is -0.480 e. The van der Waals surface area contributed by atoms with Crippen LogP contribution in [0.15, 0.2) is 24.3 Å². The SMILES string of the molecule is NCCC(NC(=O)c1ccc(CN)cc1)C(=O)O. The lowest BCUT2D eigenvalue weighted by Gasteiger charge is -2.13. The molecule has 0 fully saturated rings. The molecule has 6 nitrogen and oxygen atoms in total. The summed E-state index contributed by atoms with van der Waals surface area (Å²) in [7, 11) is 0. The van der Waals surface area contributed by atoms with E-state index in [9.17, 15) is 9.59 Å². The first-order chi connectivity index (χ1) is 8.58. The zero-order valence-corrected chi connectivity index (χ0v) is 9.93. The molecule has 0 aliphatic rings. The second-order valence-electron chi connectivity index (χ2n) is 3.84. The van der Waals surface area contributed by atoms with E-state index in [0.29, 0.717) is 12.1 Å². The lowest BCUT2D eigenvalue weighted by atomic mass is 10.1. The molecule has 1 aromatic rings. The summed E-state index contributed by atoms with van der Waals surface area (Å²) in [6.45, 7) is 0.593. The monoisotopic (exact) mass is 251 g/mol. The first-order valence-corrected chi connectivity index (χ1v) is 5.61. The van der Waals surface area contributed by atoms with E-state index in [1.165, 1.54) is 0 Å². The van der Waals surface area contributed by atoms with Crippen molar-refractivity contribution in [2.24, 2.45) is 11.5 Å². The Kier molecular flexibility index (Phi) is 5.29. The fourth-order valence-corrected chi connectivity index (χ4v) is 1.46. The van der Waals surface area contributed by atoms with Crippen LogP contribution in [0.25, 0.3) is 0 Å². The van der Waals surface area contributed by atoms with Crippen LogP contribution in [0, 0.1) is 0 Å². The summed E-state index contributed by atoms with van der Waals surface area (Å²) in [6.07, 6.45) is 0.196. The molecule has 1 atom stereocenters. The molecule has 0 aliphatic heterocycles. The van der Waals surface area contributed by atoms with E-state index in [-0.39, 0.29) is 13.0 Å². The Morgan fingerprint density at radius 3 is 2.28 bits per heavy atom. The van der Waals surface area contributed by atoms with Crippen molar-refractivity contribution in [3.05, 3.63) is 35.4 Å². The third kappa shape index (κ3) is 3.83. The summed E-state index contributed by atoms with van der Waals surface area (Å²) < 4.78 is 0. The van der Waals surface area contributed by atoms with Crippen molar-refractivity contribution in [1.82, 2.24) is 5.32 Å². The van der Waals surface area contributed by atoms with Gasteiger partial charge >= 0.3 is 5.97 Å². The average molecular weight is 251 g/mol. The van der Waals surface area contributed by atoms with Crippen LogP contribution in [0.5, 0.6) is 0 Å². The maximum absolute atomic E-state index is 11.8. The van der Waals surface area contributed by atoms with Gasteiger partial charge in [-0.2, -0.15) is 0 Å². The predicted octanol–water partition coefficient (Wildman–Crippen LogP) is -0.323. The standard InChI is InChI=1S/C12H17N3O3/c13-6-5-10(12(17)18)15-11(16)9-3-1-8(7-14)2-4-9/h1-4,10H,5-7,13-14H2,(H,15,16)(H,17,18). The van der Waals surface area contributed by atoms with E-state index in [1.54, 1.807) is 24.3 Å². The quantitative estimate of drug-likeness (QED) is 0.552. The minimum absolute atomic E-state index is 0.196. The molecule has 0 aromatic heterocycles. The van der Waals surface area contributed by atoms with Crippen molar-refractivity contribution in [3.63, 3.8) is 0 Å². The van der Waals surface area contributed by atoms with Crippen molar-refractivity contribution < 1.29 is 14.7 Å². The number of amides is 1. The Bertz CT molecular complexity index is 417. The lowest BCUT2D eigenvalue weighted by molar-refractivity contribution is -0.139.